The van der Waals surface area contributed by atoms with E-state index in [1.165, 1.54) is 12.8 Å². The maximum Gasteiger partial charge on any atom is 0.106 e. The molecule has 1 aliphatic heterocycles. The second kappa shape index (κ2) is 5.76. The van der Waals surface area contributed by atoms with E-state index < -0.39 is 0 Å². The maximum atomic E-state index is 6.02. The van der Waals surface area contributed by atoms with Gasteiger partial charge in [-0.2, -0.15) is 0 Å². The molecule has 0 radical (unpaired) electrons. The monoisotopic (exact) mass is 275 g/mol. The zero-order valence-corrected chi connectivity index (χ0v) is 11.6. The van der Waals surface area contributed by atoms with Crippen molar-refractivity contribution in [3.8, 4) is 11.3 Å². The van der Waals surface area contributed by atoms with Crippen molar-refractivity contribution in [3.05, 3.63) is 41.3 Å². The number of hydrogen-bond acceptors (Lipinski definition) is 2. The highest BCUT2D eigenvalue weighted by atomic mass is 35.5. The summed E-state index contributed by atoms with van der Waals surface area (Å²) in [6.07, 6.45) is 5.44. The lowest BCUT2D eigenvalue weighted by atomic mass is 9.94. The van der Waals surface area contributed by atoms with E-state index in [2.05, 4.69) is 15.3 Å². The topological polar surface area (TPSA) is 40.7 Å². The second-order valence-electron chi connectivity index (χ2n) is 5.15. The summed E-state index contributed by atoms with van der Waals surface area (Å²) in [5.74, 6) is 1.83. The SMILES string of the molecule is Clc1cccc(-c2cnc(CC3CCNCC3)[nH]2)c1. The third kappa shape index (κ3) is 3.17. The molecule has 0 spiro atoms. The van der Waals surface area contributed by atoms with Crippen LogP contribution in [0.3, 0.4) is 0 Å². The molecule has 1 fully saturated rings. The molecule has 2 aromatic rings. The van der Waals surface area contributed by atoms with E-state index in [4.69, 9.17) is 11.6 Å². The van der Waals surface area contributed by atoms with Gasteiger partial charge in [0.15, 0.2) is 0 Å². The third-order valence-corrected chi connectivity index (χ3v) is 3.94. The largest absolute Gasteiger partial charge is 0.342 e. The molecule has 0 bridgehead atoms. The van der Waals surface area contributed by atoms with E-state index in [9.17, 15) is 0 Å². The molecule has 0 unspecified atom stereocenters. The van der Waals surface area contributed by atoms with E-state index >= 15 is 0 Å². The van der Waals surface area contributed by atoms with Crippen molar-refractivity contribution in [2.24, 2.45) is 5.92 Å². The van der Waals surface area contributed by atoms with Gasteiger partial charge in [0.2, 0.25) is 0 Å². The van der Waals surface area contributed by atoms with Crippen LogP contribution in [-0.2, 0) is 6.42 Å². The Labute approximate surface area is 118 Å². The standard InChI is InChI=1S/C15H18ClN3/c16-13-3-1-2-12(9-13)14-10-18-15(19-14)8-11-4-6-17-7-5-11/h1-3,9-11,17H,4-8H2,(H,18,19). The van der Waals surface area contributed by atoms with Crippen LogP contribution in [0.25, 0.3) is 11.3 Å². The highest BCUT2D eigenvalue weighted by Crippen LogP contribution is 2.22. The van der Waals surface area contributed by atoms with Crippen LogP contribution in [0.2, 0.25) is 5.02 Å². The Hall–Kier alpha value is -1.32. The number of aromatic nitrogens is 2. The summed E-state index contributed by atoms with van der Waals surface area (Å²) in [7, 11) is 0. The van der Waals surface area contributed by atoms with Crippen molar-refractivity contribution in [1.29, 1.82) is 0 Å². The molecular formula is C15H18ClN3. The molecule has 1 aromatic carbocycles. The van der Waals surface area contributed by atoms with E-state index in [0.717, 1.165) is 47.5 Å². The minimum absolute atomic E-state index is 0.750. The molecule has 1 aliphatic rings. The molecule has 0 aliphatic carbocycles. The molecular weight excluding hydrogens is 258 g/mol. The van der Waals surface area contributed by atoms with Crippen LogP contribution in [0.15, 0.2) is 30.5 Å². The Morgan fingerprint density at radius 1 is 1.26 bits per heavy atom. The summed E-state index contributed by atoms with van der Waals surface area (Å²) >= 11 is 6.02. The van der Waals surface area contributed by atoms with Crippen molar-refractivity contribution in [2.45, 2.75) is 19.3 Å². The van der Waals surface area contributed by atoms with Crippen LogP contribution >= 0.6 is 11.6 Å². The normalized spacial score (nSPS) is 16.7. The number of rotatable bonds is 3. The average molecular weight is 276 g/mol. The van der Waals surface area contributed by atoms with Crippen molar-refractivity contribution < 1.29 is 0 Å². The van der Waals surface area contributed by atoms with Gasteiger partial charge in [-0.3, -0.25) is 0 Å². The van der Waals surface area contributed by atoms with Gasteiger partial charge in [0.05, 0.1) is 11.9 Å². The maximum absolute atomic E-state index is 6.02. The number of piperidine rings is 1. The molecule has 4 heteroatoms. The fourth-order valence-electron chi connectivity index (χ4n) is 2.63. The van der Waals surface area contributed by atoms with Crippen LogP contribution in [-0.4, -0.2) is 23.1 Å². The van der Waals surface area contributed by atoms with Gasteiger partial charge in [-0.25, -0.2) is 4.98 Å². The Morgan fingerprint density at radius 2 is 2.11 bits per heavy atom. The first-order valence-electron chi connectivity index (χ1n) is 6.82. The first-order valence-corrected chi connectivity index (χ1v) is 7.19. The van der Waals surface area contributed by atoms with Crippen molar-refractivity contribution >= 4 is 11.6 Å². The molecule has 0 atom stereocenters. The van der Waals surface area contributed by atoms with Crippen molar-refractivity contribution in [1.82, 2.24) is 15.3 Å². The fraction of sp³-hybridized carbons (Fsp3) is 0.400. The lowest BCUT2D eigenvalue weighted by Gasteiger charge is -2.21. The van der Waals surface area contributed by atoms with Crippen LogP contribution in [0.5, 0.6) is 0 Å². The van der Waals surface area contributed by atoms with Gasteiger partial charge in [-0.15, -0.1) is 0 Å². The molecule has 2 N–H and O–H groups in total. The smallest absolute Gasteiger partial charge is 0.106 e. The minimum Gasteiger partial charge on any atom is -0.342 e. The lowest BCUT2D eigenvalue weighted by Crippen LogP contribution is -2.28. The van der Waals surface area contributed by atoms with Crippen molar-refractivity contribution in [2.75, 3.05) is 13.1 Å². The average Bonchev–Trinajstić information content (AvgIpc) is 2.88. The third-order valence-electron chi connectivity index (χ3n) is 3.70. The molecule has 1 aromatic heterocycles. The Morgan fingerprint density at radius 3 is 2.89 bits per heavy atom. The second-order valence-corrected chi connectivity index (χ2v) is 5.59. The summed E-state index contributed by atoms with van der Waals surface area (Å²) in [5.41, 5.74) is 2.14. The molecule has 2 heterocycles. The quantitative estimate of drug-likeness (QED) is 0.903. The summed E-state index contributed by atoms with van der Waals surface area (Å²) in [6.45, 7) is 2.26. The zero-order chi connectivity index (χ0) is 13.1. The highest BCUT2D eigenvalue weighted by molar-refractivity contribution is 6.30. The molecule has 0 amide bonds. The van der Waals surface area contributed by atoms with Gasteiger partial charge in [0, 0.05) is 17.0 Å². The molecule has 3 rings (SSSR count). The van der Waals surface area contributed by atoms with Gasteiger partial charge in [0.25, 0.3) is 0 Å². The van der Waals surface area contributed by atoms with Gasteiger partial charge in [-0.1, -0.05) is 23.7 Å². The number of benzene rings is 1. The summed E-state index contributed by atoms with van der Waals surface area (Å²) in [5, 5.41) is 4.15. The number of hydrogen-bond donors (Lipinski definition) is 2. The molecule has 1 saturated heterocycles. The summed E-state index contributed by atoms with van der Waals surface area (Å²) < 4.78 is 0. The molecule has 0 saturated carbocycles. The van der Waals surface area contributed by atoms with E-state index in [1.54, 1.807) is 0 Å². The Bertz CT molecular complexity index is 544. The van der Waals surface area contributed by atoms with Gasteiger partial charge in [-0.05, 0) is 44.0 Å². The summed E-state index contributed by atoms with van der Waals surface area (Å²) in [6, 6.07) is 7.86. The number of aromatic amines is 1. The van der Waals surface area contributed by atoms with Gasteiger partial charge >= 0.3 is 0 Å². The van der Waals surface area contributed by atoms with E-state index in [1.807, 2.05) is 30.5 Å². The fourth-order valence-corrected chi connectivity index (χ4v) is 2.82. The number of imidazole rings is 1. The number of nitrogens with one attached hydrogen (secondary N) is 2. The zero-order valence-electron chi connectivity index (χ0n) is 10.8. The van der Waals surface area contributed by atoms with Crippen LogP contribution < -0.4 is 5.32 Å². The number of H-pyrrole nitrogens is 1. The van der Waals surface area contributed by atoms with Gasteiger partial charge in [0.1, 0.15) is 5.82 Å². The Kier molecular flexibility index (Phi) is 3.85. The van der Waals surface area contributed by atoms with Crippen molar-refractivity contribution in [3.63, 3.8) is 0 Å². The van der Waals surface area contributed by atoms with Crippen LogP contribution in [0, 0.1) is 5.92 Å². The summed E-state index contributed by atoms with van der Waals surface area (Å²) in [4.78, 5) is 7.91. The first-order chi connectivity index (χ1) is 9.31. The Balaban J connectivity index is 1.72. The number of nitrogens with zero attached hydrogens (tertiary/aromatic N) is 1. The van der Waals surface area contributed by atoms with Gasteiger partial charge < -0.3 is 10.3 Å². The molecule has 19 heavy (non-hydrogen) atoms. The van der Waals surface area contributed by atoms with E-state index in [-0.39, 0.29) is 0 Å². The predicted molar refractivity (Wildman–Crippen MR) is 78.3 cm³/mol. The first kappa shape index (κ1) is 12.7. The molecule has 100 valence electrons. The van der Waals surface area contributed by atoms with E-state index in [0.29, 0.717) is 0 Å². The van der Waals surface area contributed by atoms with Crippen LogP contribution in [0.1, 0.15) is 18.7 Å². The van der Waals surface area contributed by atoms with Crippen LogP contribution in [0.4, 0.5) is 0 Å². The number of halogens is 1. The highest BCUT2D eigenvalue weighted by Gasteiger charge is 2.15. The molecule has 3 nitrogen and oxygen atoms in total. The lowest BCUT2D eigenvalue weighted by molar-refractivity contribution is 0.368. The predicted octanol–water partition coefficient (Wildman–Crippen LogP) is 3.27. The minimum atomic E-state index is 0.750.